The second-order valence-electron chi connectivity index (χ2n) is 9.20. The molecule has 2 heterocycles. The van der Waals surface area contributed by atoms with Crippen LogP contribution < -0.4 is 5.32 Å². The summed E-state index contributed by atoms with van der Waals surface area (Å²) in [5.41, 5.74) is 5.11. The molecule has 2 aromatic carbocycles. The molecule has 0 saturated carbocycles. The van der Waals surface area contributed by atoms with Crippen LogP contribution in [0.25, 0.3) is 16.9 Å². The molecule has 35 heavy (non-hydrogen) atoms. The molecule has 8 nitrogen and oxygen atoms in total. The van der Waals surface area contributed by atoms with Crippen LogP contribution in [0, 0.1) is 13.8 Å². The molecule has 1 aromatic heterocycles. The quantitative estimate of drug-likeness (QED) is 0.590. The minimum absolute atomic E-state index is 0.112. The van der Waals surface area contributed by atoms with Gasteiger partial charge in [-0.1, -0.05) is 42.0 Å². The number of para-hydroxylation sites is 1. The molecule has 0 bridgehead atoms. The van der Waals surface area contributed by atoms with E-state index in [0.717, 1.165) is 22.4 Å². The number of hydrogen-bond donors (Lipinski definition) is 1. The molecule has 1 N–H and O–H groups in total. The Hall–Kier alpha value is -3.94. The summed E-state index contributed by atoms with van der Waals surface area (Å²) >= 11 is 0. The summed E-state index contributed by atoms with van der Waals surface area (Å²) in [6.07, 6.45) is 1.78. The maximum atomic E-state index is 13.7. The van der Waals surface area contributed by atoms with Crippen LogP contribution in [0.15, 0.2) is 54.7 Å². The number of aromatic nitrogens is 2. The lowest BCUT2D eigenvalue weighted by molar-refractivity contribution is -0.147. The second kappa shape index (κ2) is 10.1. The number of rotatable bonds is 4. The van der Waals surface area contributed by atoms with Gasteiger partial charge >= 0.3 is 11.8 Å². The van der Waals surface area contributed by atoms with Gasteiger partial charge in [-0.3, -0.25) is 14.4 Å². The topological polar surface area (TPSA) is 87.5 Å². The number of hydrogen-bond acceptors (Lipinski definition) is 4. The molecule has 0 aliphatic carbocycles. The Balaban J connectivity index is 1.59. The van der Waals surface area contributed by atoms with Gasteiger partial charge in [-0.15, -0.1) is 0 Å². The van der Waals surface area contributed by atoms with Crippen LogP contribution in [0.2, 0.25) is 0 Å². The van der Waals surface area contributed by atoms with Crippen molar-refractivity contribution in [3.05, 3.63) is 71.4 Å². The summed E-state index contributed by atoms with van der Waals surface area (Å²) in [6.45, 7) is 8.99. The zero-order valence-electron chi connectivity index (χ0n) is 20.6. The number of piperazine rings is 1. The van der Waals surface area contributed by atoms with Crippen LogP contribution >= 0.6 is 0 Å². The largest absolute Gasteiger partial charge is 0.346 e. The van der Waals surface area contributed by atoms with Crippen molar-refractivity contribution in [1.82, 2.24) is 24.9 Å². The molecule has 3 amide bonds. The third-order valence-corrected chi connectivity index (χ3v) is 6.07. The SMILES string of the molecule is Cc1ccc(-c2nn(-c3ccccc3)cc2C(=O)N2CCN(C(=O)C(=O)NC(C)C)CC2)c(C)c1. The van der Waals surface area contributed by atoms with Gasteiger partial charge in [-0.05, 0) is 45.4 Å². The van der Waals surface area contributed by atoms with E-state index in [0.29, 0.717) is 37.4 Å². The maximum Gasteiger partial charge on any atom is 0.312 e. The fourth-order valence-corrected chi connectivity index (χ4v) is 4.27. The Morgan fingerprint density at radius 1 is 0.914 bits per heavy atom. The molecule has 0 spiro atoms. The van der Waals surface area contributed by atoms with Crippen molar-refractivity contribution in [2.75, 3.05) is 26.2 Å². The molecular weight excluding hydrogens is 442 g/mol. The number of nitrogens with one attached hydrogen (secondary N) is 1. The van der Waals surface area contributed by atoms with Crippen molar-refractivity contribution in [3.63, 3.8) is 0 Å². The lowest BCUT2D eigenvalue weighted by Crippen LogP contribution is -2.54. The van der Waals surface area contributed by atoms with E-state index in [-0.39, 0.29) is 11.9 Å². The van der Waals surface area contributed by atoms with Gasteiger partial charge in [0.05, 0.1) is 11.3 Å². The normalized spacial score (nSPS) is 13.7. The van der Waals surface area contributed by atoms with Crippen molar-refractivity contribution in [3.8, 4) is 16.9 Å². The summed E-state index contributed by atoms with van der Waals surface area (Å²) < 4.78 is 1.73. The molecule has 8 heteroatoms. The van der Waals surface area contributed by atoms with Crippen molar-refractivity contribution in [1.29, 1.82) is 0 Å². The Morgan fingerprint density at radius 2 is 1.57 bits per heavy atom. The average Bonchev–Trinajstić information content (AvgIpc) is 3.28. The van der Waals surface area contributed by atoms with Crippen LogP contribution in [0.1, 0.15) is 35.3 Å². The van der Waals surface area contributed by atoms with Crippen LogP contribution in [0.3, 0.4) is 0 Å². The predicted molar refractivity (Wildman–Crippen MR) is 134 cm³/mol. The minimum atomic E-state index is -0.610. The van der Waals surface area contributed by atoms with Gasteiger partial charge in [0.2, 0.25) is 0 Å². The fraction of sp³-hybridized carbons (Fsp3) is 0.333. The van der Waals surface area contributed by atoms with Crippen LogP contribution in [-0.4, -0.2) is 69.5 Å². The molecular formula is C27H31N5O3. The van der Waals surface area contributed by atoms with Crippen molar-refractivity contribution < 1.29 is 14.4 Å². The van der Waals surface area contributed by atoms with Gasteiger partial charge in [-0.2, -0.15) is 5.10 Å². The van der Waals surface area contributed by atoms with E-state index in [4.69, 9.17) is 5.10 Å². The van der Waals surface area contributed by atoms with Gasteiger partial charge in [0.25, 0.3) is 5.91 Å². The summed E-state index contributed by atoms with van der Waals surface area (Å²) in [5, 5.41) is 7.43. The van der Waals surface area contributed by atoms with Gasteiger partial charge in [-0.25, -0.2) is 4.68 Å². The zero-order chi connectivity index (χ0) is 25.1. The number of carbonyl (C=O) groups excluding carboxylic acids is 3. The van der Waals surface area contributed by atoms with E-state index in [1.54, 1.807) is 15.8 Å². The molecule has 1 fully saturated rings. The van der Waals surface area contributed by atoms with Crippen LogP contribution in [0.4, 0.5) is 0 Å². The highest BCUT2D eigenvalue weighted by Gasteiger charge is 2.30. The zero-order valence-corrected chi connectivity index (χ0v) is 20.6. The van der Waals surface area contributed by atoms with E-state index in [9.17, 15) is 14.4 Å². The van der Waals surface area contributed by atoms with Crippen molar-refractivity contribution in [2.45, 2.75) is 33.7 Å². The highest BCUT2D eigenvalue weighted by atomic mass is 16.2. The Kier molecular flexibility index (Phi) is 7.00. The smallest absolute Gasteiger partial charge is 0.312 e. The third-order valence-electron chi connectivity index (χ3n) is 6.07. The van der Waals surface area contributed by atoms with Gasteiger partial charge in [0.15, 0.2) is 0 Å². The van der Waals surface area contributed by atoms with E-state index in [1.807, 2.05) is 70.2 Å². The third kappa shape index (κ3) is 5.26. The van der Waals surface area contributed by atoms with Gasteiger partial charge in [0, 0.05) is 44.0 Å². The molecule has 0 radical (unpaired) electrons. The lowest BCUT2D eigenvalue weighted by Gasteiger charge is -2.34. The molecule has 1 aliphatic rings. The monoisotopic (exact) mass is 473 g/mol. The molecule has 4 rings (SSSR count). The van der Waals surface area contributed by atoms with E-state index in [1.165, 1.54) is 4.90 Å². The molecule has 0 atom stereocenters. The van der Waals surface area contributed by atoms with Crippen LogP contribution in [0.5, 0.6) is 0 Å². The first-order chi connectivity index (χ1) is 16.7. The molecule has 182 valence electrons. The van der Waals surface area contributed by atoms with Crippen molar-refractivity contribution >= 4 is 17.7 Å². The molecule has 1 aliphatic heterocycles. The summed E-state index contributed by atoms with van der Waals surface area (Å²) in [6, 6.07) is 15.7. The average molecular weight is 474 g/mol. The highest BCUT2D eigenvalue weighted by Crippen LogP contribution is 2.28. The molecule has 1 saturated heterocycles. The minimum Gasteiger partial charge on any atom is -0.346 e. The number of carbonyl (C=O) groups is 3. The van der Waals surface area contributed by atoms with E-state index < -0.39 is 11.8 Å². The first-order valence-electron chi connectivity index (χ1n) is 11.9. The highest BCUT2D eigenvalue weighted by molar-refractivity contribution is 6.35. The fourth-order valence-electron chi connectivity index (χ4n) is 4.27. The first kappa shape index (κ1) is 24.2. The number of amides is 3. The lowest BCUT2D eigenvalue weighted by atomic mass is 10.00. The summed E-state index contributed by atoms with van der Waals surface area (Å²) in [7, 11) is 0. The molecule has 0 unspecified atom stereocenters. The van der Waals surface area contributed by atoms with Crippen LogP contribution in [-0.2, 0) is 9.59 Å². The summed E-state index contributed by atoms with van der Waals surface area (Å²) in [4.78, 5) is 41.4. The van der Waals surface area contributed by atoms with E-state index >= 15 is 0 Å². The number of nitrogens with zero attached hydrogens (tertiary/aromatic N) is 4. The Bertz CT molecular complexity index is 1240. The Labute approximate surface area is 205 Å². The molecule has 3 aromatic rings. The summed E-state index contributed by atoms with van der Waals surface area (Å²) in [5.74, 6) is -1.31. The number of benzene rings is 2. The maximum absolute atomic E-state index is 13.7. The number of aryl methyl sites for hydroxylation is 2. The first-order valence-corrected chi connectivity index (χ1v) is 11.9. The van der Waals surface area contributed by atoms with E-state index in [2.05, 4.69) is 11.4 Å². The van der Waals surface area contributed by atoms with Gasteiger partial charge in [0.1, 0.15) is 5.69 Å². The van der Waals surface area contributed by atoms with Crippen molar-refractivity contribution in [2.24, 2.45) is 0 Å². The standard InChI is InChI=1S/C27H31N5O3/c1-18(2)28-25(33)27(35)31-14-12-30(13-15-31)26(34)23-17-32(21-8-6-5-7-9-21)29-24(23)22-11-10-19(3)16-20(22)4/h5-11,16-18H,12-15H2,1-4H3,(H,28,33). The van der Waals surface area contributed by atoms with Gasteiger partial charge < -0.3 is 15.1 Å². The Morgan fingerprint density at radius 3 is 2.20 bits per heavy atom. The predicted octanol–water partition coefficient (Wildman–Crippen LogP) is 2.97. The second-order valence-corrected chi connectivity index (χ2v) is 9.20.